The van der Waals surface area contributed by atoms with Crippen molar-refractivity contribution >= 4 is 28.8 Å². The highest BCUT2D eigenvalue weighted by molar-refractivity contribution is 7.12. The maximum absolute atomic E-state index is 11.5. The Morgan fingerprint density at radius 2 is 2.50 bits per heavy atom. The number of hydrogen-bond acceptors (Lipinski definition) is 2. The summed E-state index contributed by atoms with van der Waals surface area (Å²) in [4.78, 5) is 12.2. The molecule has 1 heterocycles. The molecular formula is C10H12ClNOS. The standard InChI is InChI=1S/C10H12ClNOS/c11-8(7-3-4-7)6-12-10(13)9-2-1-5-14-9/h1-2,5,7-8H,3-4,6H2,(H,12,13). The van der Waals surface area contributed by atoms with E-state index >= 15 is 0 Å². The van der Waals surface area contributed by atoms with Gasteiger partial charge in [0.15, 0.2) is 0 Å². The van der Waals surface area contributed by atoms with Gasteiger partial charge in [0.1, 0.15) is 0 Å². The van der Waals surface area contributed by atoms with Gasteiger partial charge in [0, 0.05) is 6.54 Å². The lowest BCUT2D eigenvalue weighted by Gasteiger charge is -2.08. The monoisotopic (exact) mass is 229 g/mol. The zero-order valence-electron chi connectivity index (χ0n) is 7.70. The van der Waals surface area contributed by atoms with Crippen molar-refractivity contribution in [1.82, 2.24) is 5.32 Å². The largest absolute Gasteiger partial charge is 0.350 e. The number of carbonyl (C=O) groups excluding carboxylic acids is 1. The van der Waals surface area contributed by atoms with Crippen molar-refractivity contribution in [1.29, 1.82) is 0 Å². The maximum Gasteiger partial charge on any atom is 0.261 e. The molecule has 1 aliphatic rings. The quantitative estimate of drug-likeness (QED) is 0.790. The van der Waals surface area contributed by atoms with Crippen LogP contribution in [0.2, 0.25) is 0 Å². The summed E-state index contributed by atoms with van der Waals surface area (Å²) in [5, 5.41) is 4.85. The number of thiophene rings is 1. The SMILES string of the molecule is O=C(NCC(Cl)C1CC1)c1cccs1. The number of alkyl halides is 1. The summed E-state index contributed by atoms with van der Waals surface area (Å²) in [6, 6.07) is 3.69. The predicted octanol–water partition coefficient (Wildman–Crippen LogP) is 2.50. The first-order valence-electron chi connectivity index (χ1n) is 4.73. The summed E-state index contributed by atoms with van der Waals surface area (Å²) in [5.74, 6) is 0.617. The summed E-state index contributed by atoms with van der Waals surface area (Å²) in [6.45, 7) is 0.586. The van der Waals surface area contributed by atoms with Crippen LogP contribution in [0.15, 0.2) is 17.5 Å². The zero-order valence-corrected chi connectivity index (χ0v) is 9.27. The van der Waals surface area contributed by atoms with Crippen LogP contribution in [0, 0.1) is 5.92 Å². The van der Waals surface area contributed by atoms with Crippen molar-refractivity contribution in [3.63, 3.8) is 0 Å². The van der Waals surface area contributed by atoms with Crippen LogP contribution in [-0.4, -0.2) is 17.8 Å². The van der Waals surface area contributed by atoms with Gasteiger partial charge in [-0.15, -0.1) is 22.9 Å². The Hall–Kier alpha value is -0.540. The number of hydrogen-bond donors (Lipinski definition) is 1. The lowest BCUT2D eigenvalue weighted by Crippen LogP contribution is -2.30. The molecule has 0 radical (unpaired) electrons. The second-order valence-corrected chi connectivity index (χ2v) is 5.05. The fraction of sp³-hybridized carbons (Fsp3) is 0.500. The second kappa shape index (κ2) is 4.32. The van der Waals surface area contributed by atoms with Crippen LogP contribution >= 0.6 is 22.9 Å². The molecule has 1 aromatic rings. The summed E-state index contributed by atoms with van der Waals surface area (Å²) in [6.07, 6.45) is 2.42. The van der Waals surface area contributed by atoms with Gasteiger partial charge in [0.25, 0.3) is 5.91 Å². The maximum atomic E-state index is 11.5. The fourth-order valence-electron chi connectivity index (χ4n) is 1.31. The van der Waals surface area contributed by atoms with E-state index in [-0.39, 0.29) is 11.3 Å². The highest BCUT2D eigenvalue weighted by Crippen LogP contribution is 2.35. The minimum absolute atomic E-state index is 0.00806. The normalized spacial score (nSPS) is 17.8. The zero-order chi connectivity index (χ0) is 9.97. The summed E-state index contributed by atoms with van der Waals surface area (Å²) in [7, 11) is 0. The van der Waals surface area contributed by atoms with Gasteiger partial charge in [0.2, 0.25) is 0 Å². The molecule has 2 rings (SSSR count). The second-order valence-electron chi connectivity index (χ2n) is 3.54. The summed E-state index contributed by atoms with van der Waals surface area (Å²) < 4.78 is 0. The first kappa shape index (κ1) is 9.99. The van der Waals surface area contributed by atoms with Gasteiger partial charge >= 0.3 is 0 Å². The van der Waals surface area contributed by atoms with Gasteiger partial charge in [-0.05, 0) is 30.2 Å². The molecular weight excluding hydrogens is 218 g/mol. The van der Waals surface area contributed by atoms with E-state index in [2.05, 4.69) is 5.32 Å². The van der Waals surface area contributed by atoms with E-state index in [1.54, 1.807) is 0 Å². The van der Waals surface area contributed by atoms with Crippen LogP contribution in [0.4, 0.5) is 0 Å². The van der Waals surface area contributed by atoms with Gasteiger partial charge in [-0.2, -0.15) is 0 Å². The number of halogens is 1. The molecule has 1 aromatic heterocycles. The summed E-state index contributed by atoms with van der Waals surface area (Å²) >= 11 is 7.52. The lowest BCUT2D eigenvalue weighted by atomic mass is 10.3. The van der Waals surface area contributed by atoms with E-state index in [4.69, 9.17) is 11.6 Å². The number of carbonyl (C=O) groups is 1. The lowest BCUT2D eigenvalue weighted by molar-refractivity contribution is 0.0957. The third kappa shape index (κ3) is 2.49. The topological polar surface area (TPSA) is 29.1 Å². The first-order chi connectivity index (χ1) is 6.77. The van der Waals surface area contributed by atoms with E-state index in [1.807, 2.05) is 17.5 Å². The molecule has 1 atom stereocenters. The smallest absolute Gasteiger partial charge is 0.261 e. The van der Waals surface area contributed by atoms with E-state index in [0.717, 1.165) is 4.88 Å². The fourth-order valence-corrected chi connectivity index (χ4v) is 2.28. The number of nitrogens with one attached hydrogen (secondary N) is 1. The van der Waals surface area contributed by atoms with E-state index in [1.165, 1.54) is 24.2 Å². The van der Waals surface area contributed by atoms with Gasteiger partial charge < -0.3 is 5.32 Å². The van der Waals surface area contributed by atoms with Crippen molar-refractivity contribution in [2.24, 2.45) is 5.92 Å². The van der Waals surface area contributed by atoms with Crippen LogP contribution in [0.3, 0.4) is 0 Å². The highest BCUT2D eigenvalue weighted by Gasteiger charge is 2.29. The third-order valence-corrected chi connectivity index (χ3v) is 3.72. The molecule has 14 heavy (non-hydrogen) atoms. The Bertz CT molecular complexity index is 308. The molecule has 0 aliphatic heterocycles. The van der Waals surface area contributed by atoms with Crippen molar-refractivity contribution < 1.29 is 4.79 Å². The average Bonchev–Trinajstić information content (AvgIpc) is 2.90. The van der Waals surface area contributed by atoms with Crippen LogP contribution in [0.1, 0.15) is 22.5 Å². The van der Waals surface area contributed by atoms with Gasteiger partial charge in [-0.1, -0.05) is 6.07 Å². The minimum Gasteiger partial charge on any atom is -0.350 e. The van der Waals surface area contributed by atoms with E-state index in [0.29, 0.717) is 12.5 Å². The van der Waals surface area contributed by atoms with Gasteiger partial charge in [0.05, 0.1) is 10.3 Å². The van der Waals surface area contributed by atoms with Gasteiger partial charge in [-0.25, -0.2) is 0 Å². The molecule has 0 aromatic carbocycles. The average molecular weight is 230 g/mol. The molecule has 0 spiro atoms. The van der Waals surface area contributed by atoms with Crippen molar-refractivity contribution in [3.05, 3.63) is 22.4 Å². The molecule has 1 saturated carbocycles. The summed E-state index contributed by atoms with van der Waals surface area (Å²) in [5.41, 5.74) is 0. The number of rotatable bonds is 4. The van der Waals surface area contributed by atoms with E-state index < -0.39 is 0 Å². The van der Waals surface area contributed by atoms with Crippen LogP contribution in [0.5, 0.6) is 0 Å². The Morgan fingerprint density at radius 3 is 3.07 bits per heavy atom. The molecule has 2 nitrogen and oxygen atoms in total. The van der Waals surface area contributed by atoms with Crippen LogP contribution < -0.4 is 5.32 Å². The highest BCUT2D eigenvalue weighted by atomic mass is 35.5. The number of amides is 1. The third-order valence-electron chi connectivity index (χ3n) is 2.34. The Morgan fingerprint density at radius 1 is 1.71 bits per heavy atom. The van der Waals surface area contributed by atoms with Crippen molar-refractivity contribution in [2.75, 3.05) is 6.54 Å². The molecule has 1 unspecified atom stereocenters. The van der Waals surface area contributed by atoms with Crippen LogP contribution in [0.25, 0.3) is 0 Å². The molecule has 4 heteroatoms. The molecule has 1 amide bonds. The molecule has 1 aliphatic carbocycles. The van der Waals surface area contributed by atoms with E-state index in [9.17, 15) is 4.79 Å². The molecule has 76 valence electrons. The molecule has 1 N–H and O–H groups in total. The Balaban J connectivity index is 1.77. The van der Waals surface area contributed by atoms with Crippen molar-refractivity contribution in [3.8, 4) is 0 Å². The Kier molecular flexibility index (Phi) is 3.08. The molecule has 0 bridgehead atoms. The van der Waals surface area contributed by atoms with Gasteiger partial charge in [-0.3, -0.25) is 4.79 Å². The molecule has 1 fully saturated rings. The van der Waals surface area contributed by atoms with Crippen molar-refractivity contribution in [2.45, 2.75) is 18.2 Å². The predicted molar refractivity (Wildman–Crippen MR) is 59.0 cm³/mol. The minimum atomic E-state index is -0.00806. The first-order valence-corrected chi connectivity index (χ1v) is 6.05. The molecule has 0 saturated heterocycles. The Labute approximate surface area is 92.3 Å². The van der Waals surface area contributed by atoms with Crippen LogP contribution in [-0.2, 0) is 0 Å².